The maximum Gasteiger partial charge on any atom is 0.483 e. The maximum absolute atomic E-state index is 12.2. The van der Waals surface area contributed by atoms with Gasteiger partial charge in [-0.1, -0.05) is 0 Å². The van der Waals surface area contributed by atoms with Crippen molar-refractivity contribution in [2.75, 3.05) is 12.4 Å². The fourth-order valence-corrected chi connectivity index (χ4v) is 5.92. The van der Waals surface area contributed by atoms with Crippen molar-refractivity contribution in [1.82, 2.24) is 9.55 Å². The molecule has 0 amide bonds. The van der Waals surface area contributed by atoms with Gasteiger partial charge in [0, 0.05) is 23.9 Å². The van der Waals surface area contributed by atoms with Gasteiger partial charge >= 0.3 is 21.3 Å². The number of aromatic nitrogens is 2. The Labute approximate surface area is 207 Å². The fourth-order valence-electron chi connectivity index (χ4n) is 3.46. The van der Waals surface area contributed by atoms with E-state index in [-0.39, 0.29) is 17.7 Å². The molecule has 17 nitrogen and oxygen atoms in total. The molecule has 2 saturated heterocycles. The molecular formula is C16H26N2O15P2S. The average Bonchev–Trinajstić information content (AvgIpc) is 3.14. The molecular weight excluding hydrogens is 554 g/mol. The first-order valence-corrected chi connectivity index (χ1v) is 13.9. The maximum atomic E-state index is 12.2. The molecule has 1 aromatic heterocycles. The first-order chi connectivity index (χ1) is 16.6. The molecule has 20 heteroatoms. The molecule has 0 spiro atoms. The molecule has 2 aliphatic rings. The van der Waals surface area contributed by atoms with Gasteiger partial charge in [-0.3, -0.25) is 23.4 Å². The Kier molecular flexibility index (Phi) is 9.40. The van der Waals surface area contributed by atoms with E-state index in [1.165, 1.54) is 13.1 Å². The van der Waals surface area contributed by atoms with Crippen LogP contribution in [0.25, 0.3) is 0 Å². The van der Waals surface area contributed by atoms with Crippen molar-refractivity contribution in [3.05, 3.63) is 32.6 Å². The molecule has 1 aromatic rings. The smallest absolute Gasteiger partial charge is 0.390 e. The number of nitrogens with zero attached hydrogens (tertiary/aromatic N) is 1. The second kappa shape index (κ2) is 11.4. The lowest BCUT2D eigenvalue weighted by molar-refractivity contribution is -0.270. The minimum Gasteiger partial charge on any atom is -0.390 e. The van der Waals surface area contributed by atoms with E-state index in [0.29, 0.717) is 0 Å². The van der Waals surface area contributed by atoms with E-state index in [4.69, 9.17) is 9.47 Å². The van der Waals surface area contributed by atoms with Crippen LogP contribution in [0.5, 0.6) is 0 Å². The van der Waals surface area contributed by atoms with Crippen LogP contribution in [0.15, 0.2) is 15.8 Å². The van der Waals surface area contributed by atoms with Crippen molar-refractivity contribution in [2.45, 2.75) is 62.5 Å². The van der Waals surface area contributed by atoms with E-state index < -0.39 is 82.6 Å². The number of rotatable bonds is 9. The Bertz CT molecular complexity index is 1140. The molecule has 206 valence electrons. The van der Waals surface area contributed by atoms with Gasteiger partial charge in [0.1, 0.15) is 30.6 Å². The molecule has 0 aromatic carbocycles. The van der Waals surface area contributed by atoms with E-state index >= 15 is 0 Å². The van der Waals surface area contributed by atoms with Crippen molar-refractivity contribution in [3.8, 4) is 0 Å². The molecule has 0 saturated carbocycles. The van der Waals surface area contributed by atoms with Gasteiger partial charge in [-0.05, 0) is 6.92 Å². The molecule has 0 aliphatic carbocycles. The van der Waals surface area contributed by atoms with Crippen LogP contribution in [0, 0.1) is 6.92 Å². The lowest BCUT2D eigenvalue weighted by Crippen LogP contribution is -2.58. The van der Waals surface area contributed by atoms with Crippen LogP contribution in [0.2, 0.25) is 0 Å². The third-order valence-electron chi connectivity index (χ3n) is 5.35. The summed E-state index contributed by atoms with van der Waals surface area (Å²) in [5.74, 6) is -0.182. The first kappa shape index (κ1) is 29.6. The van der Waals surface area contributed by atoms with Crippen LogP contribution in [-0.4, -0.2) is 95.0 Å². The molecule has 0 bridgehead atoms. The summed E-state index contributed by atoms with van der Waals surface area (Å²) in [5, 5.41) is 39.7. The van der Waals surface area contributed by atoms with Crippen molar-refractivity contribution in [2.24, 2.45) is 0 Å². The number of aromatic amines is 1. The van der Waals surface area contributed by atoms with Gasteiger partial charge in [-0.15, -0.1) is 0 Å². The number of thiol groups is 1. The molecule has 7 N–H and O–H groups in total. The molecule has 36 heavy (non-hydrogen) atoms. The van der Waals surface area contributed by atoms with E-state index in [2.05, 4.69) is 31.0 Å². The predicted octanol–water partition coefficient (Wildman–Crippen LogP) is -2.52. The molecule has 2 fully saturated rings. The average molecular weight is 580 g/mol. The standard InChI is InChI=1S/C16H26N2O15P2S/c1-6-3-18(16(24)17-14(6)23)10-2-7(19)8(30-10)4-29-34(25,26)33-35(27,28)32-15-13(22)12(21)11(20)9(5-36)31-15/h3,7-13,15,19-22,36H,2,4-5H2,1H3,(H,25,26)(H,27,28)(H,17,23,24)/t7-,8-,9?,10-,11+,12+,13?,15+/m1/s1. The monoisotopic (exact) mass is 580 g/mol. The summed E-state index contributed by atoms with van der Waals surface area (Å²) in [6.45, 7) is 0.603. The summed E-state index contributed by atoms with van der Waals surface area (Å²) in [6, 6.07) is 0. The highest BCUT2D eigenvalue weighted by Crippen LogP contribution is 2.61. The molecule has 4 unspecified atom stereocenters. The van der Waals surface area contributed by atoms with Gasteiger partial charge in [0.25, 0.3) is 5.56 Å². The van der Waals surface area contributed by atoms with E-state index in [0.717, 1.165) is 4.57 Å². The summed E-state index contributed by atoms with van der Waals surface area (Å²) >= 11 is 3.87. The number of ether oxygens (including phenoxy) is 2. The summed E-state index contributed by atoms with van der Waals surface area (Å²) < 4.78 is 49.2. The largest absolute Gasteiger partial charge is 0.483 e. The number of phosphoric acid groups is 2. The van der Waals surface area contributed by atoms with Crippen LogP contribution >= 0.6 is 28.3 Å². The summed E-state index contributed by atoms with van der Waals surface area (Å²) in [7, 11) is -10.8. The Hall–Kier alpha value is -0.950. The number of phosphoric ester groups is 2. The number of nitrogens with one attached hydrogen (secondary N) is 1. The molecule has 3 rings (SSSR count). The highest BCUT2D eigenvalue weighted by molar-refractivity contribution is 7.80. The summed E-state index contributed by atoms with van der Waals surface area (Å²) in [6.07, 6.45) is -11.3. The first-order valence-electron chi connectivity index (χ1n) is 10.3. The summed E-state index contributed by atoms with van der Waals surface area (Å²) in [5.41, 5.74) is -1.24. The number of hydrogen-bond acceptors (Lipinski definition) is 14. The van der Waals surface area contributed by atoms with Gasteiger partial charge in [-0.2, -0.15) is 16.9 Å². The second-order valence-electron chi connectivity index (χ2n) is 8.03. The second-order valence-corrected chi connectivity index (χ2v) is 11.4. The zero-order valence-corrected chi connectivity index (χ0v) is 21.1. The number of aliphatic hydroxyl groups is 4. The quantitative estimate of drug-likeness (QED) is 0.111. The number of H-pyrrole nitrogens is 1. The van der Waals surface area contributed by atoms with Crippen LogP contribution in [0.3, 0.4) is 0 Å². The molecule has 2 aliphatic heterocycles. The van der Waals surface area contributed by atoms with Crippen molar-refractivity contribution >= 4 is 28.3 Å². The van der Waals surface area contributed by atoms with E-state index in [1.807, 2.05) is 0 Å². The minimum absolute atomic E-state index is 0.158. The van der Waals surface area contributed by atoms with Gasteiger partial charge < -0.3 is 39.7 Å². The van der Waals surface area contributed by atoms with E-state index in [1.54, 1.807) is 0 Å². The van der Waals surface area contributed by atoms with E-state index in [9.17, 15) is 48.9 Å². The number of hydrogen-bond donors (Lipinski definition) is 8. The fraction of sp³-hybridized carbons (Fsp3) is 0.750. The predicted molar refractivity (Wildman–Crippen MR) is 119 cm³/mol. The van der Waals surface area contributed by atoms with Crippen LogP contribution in [0.1, 0.15) is 18.2 Å². The Morgan fingerprint density at radius 1 is 1.08 bits per heavy atom. The summed E-state index contributed by atoms with van der Waals surface area (Å²) in [4.78, 5) is 45.3. The number of aliphatic hydroxyl groups excluding tert-OH is 4. The van der Waals surface area contributed by atoms with Crippen LogP contribution in [0.4, 0.5) is 0 Å². The van der Waals surface area contributed by atoms with Gasteiger partial charge in [0.15, 0.2) is 6.29 Å². The van der Waals surface area contributed by atoms with Crippen LogP contribution < -0.4 is 11.2 Å². The Morgan fingerprint density at radius 3 is 2.39 bits per heavy atom. The van der Waals surface area contributed by atoms with Crippen molar-refractivity contribution < 1.29 is 62.2 Å². The normalized spacial score (nSPS) is 36.3. The highest BCUT2D eigenvalue weighted by atomic mass is 32.1. The highest BCUT2D eigenvalue weighted by Gasteiger charge is 2.48. The lowest BCUT2D eigenvalue weighted by atomic mass is 10.0. The van der Waals surface area contributed by atoms with Gasteiger partial charge in [0.2, 0.25) is 0 Å². The number of aryl methyl sites for hydroxylation is 1. The third-order valence-corrected chi connectivity index (χ3v) is 8.31. The van der Waals surface area contributed by atoms with Crippen molar-refractivity contribution in [3.63, 3.8) is 0 Å². The van der Waals surface area contributed by atoms with Crippen LogP contribution in [-0.2, 0) is 32.0 Å². The SMILES string of the molecule is Cc1cn([C@H]2C[C@@H](O)[C@@H](COP(=O)(O)OP(=O)(O)O[C@@H]3OC(CS)[C@H](O)[C@H](O)C3O)O2)c(=O)[nH]c1=O. The third kappa shape index (κ3) is 6.92. The Balaban J connectivity index is 1.59. The van der Waals surface area contributed by atoms with Crippen molar-refractivity contribution in [1.29, 1.82) is 0 Å². The van der Waals surface area contributed by atoms with Gasteiger partial charge in [-0.25, -0.2) is 13.9 Å². The minimum atomic E-state index is -5.48. The molecule has 3 heterocycles. The van der Waals surface area contributed by atoms with Gasteiger partial charge in [0.05, 0.1) is 18.8 Å². The zero-order chi connectivity index (χ0) is 27.0. The molecule has 10 atom stereocenters. The Morgan fingerprint density at radius 2 is 1.75 bits per heavy atom. The lowest BCUT2D eigenvalue weighted by Gasteiger charge is -2.39. The molecule has 0 radical (unpaired) electrons. The topological polar surface area (TPSA) is 257 Å². The zero-order valence-electron chi connectivity index (χ0n) is 18.5.